The van der Waals surface area contributed by atoms with Crippen molar-refractivity contribution in [1.29, 1.82) is 0 Å². The molecular formula is C20H25N3O6S. The fourth-order valence-corrected chi connectivity index (χ4v) is 4.44. The molecule has 10 heteroatoms. The Balaban J connectivity index is 1.62. The van der Waals surface area contributed by atoms with Crippen molar-refractivity contribution in [2.24, 2.45) is 0 Å². The lowest BCUT2D eigenvalue weighted by atomic mass is 10.2. The molecule has 1 N–H and O–H groups in total. The lowest BCUT2D eigenvalue weighted by molar-refractivity contribution is 0.0730. The first kappa shape index (κ1) is 22.2. The first-order chi connectivity index (χ1) is 14.4. The van der Waals surface area contributed by atoms with Gasteiger partial charge in [-0.15, -0.1) is 0 Å². The second kappa shape index (κ2) is 9.98. The second-order valence-corrected chi connectivity index (χ2v) is 8.72. The molecule has 1 aromatic carbocycles. The van der Waals surface area contributed by atoms with E-state index in [-0.39, 0.29) is 22.9 Å². The molecule has 0 atom stereocenters. The molecule has 2 aromatic rings. The Hall–Kier alpha value is -2.53. The minimum atomic E-state index is -3.55. The summed E-state index contributed by atoms with van der Waals surface area (Å²) in [6.07, 6.45) is 1.49. The molecule has 30 heavy (non-hydrogen) atoms. The van der Waals surface area contributed by atoms with Crippen LogP contribution in [0.3, 0.4) is 0 Å². The summed E-state index contributed by atoms with van der Waals surface area (Å²) in [4.78, 5) is 24.5. The van der Waals surface area contributed by atoms with E-state index in [1.165, 1.54) is 39.3 Å². The molecule has 0 spiro atoms. The lowest BCUT2D eigenvalue weighted by Gasteiger charge is -2.26. The number of nitrogens with one attached hydrogen (secondary N) is 1. The molecule has 0 bridgehead atoms. The van der Waals surface area contributed by atoms with E-state index in [1.54, 1.807) is 19.2 Å². The number of carbonyl (C=O) groups is 1. The van der Waals surface area contributed by atoms with Crippen LogP contribution in [0.25, 0.3) is 0 Å². The standard InChI is InChI=1S/C20H25N3O6S/c1-28-11-8-22-15-17(4-7-19(22)24)20(25)21-14-16-2-5-18(6-3-16)30(26,27)23-9-12-29-13-10-23/h2-7,15H,8-14H2,1H3,(H,21,25). The van der Waals surface area contributed by atoms with Gasteiger partial charge < -0.3 is 19.4 Å². The lowest BCUT2D eigenvalue weighted by Crippen LogP contribution is -2.40. The molecule has 1 aliphatic rings. The van der Waals surface area contributed by atoms with Gasteiger partial charge in [-0.3, -0.25) is 9.59 Å². The number of ether oxygens (including phenoxy) is 2. The zero-order valence-electron chi connectivity index (χ0n) is 16.7. The van der Waals surface area contributed by atoms with Crippen molar-refractivity contribution in [2.45, 2.75) is 18.0 Å². The Bertz CT molecular complexity index is 1030. The number of rotatable bonds is 8. The predicted molar refractivity (Wildman–Crippen MR) is 110 cm³/mol. The van der Waals surface area contributed by atoms with Gasteiger partial charge in [0.2, 0.25) is 10.0 Å². The van der Waals surface area contributed by atoms with Crippen LogP contribution in [0, 0.1) is 0 Å². The summed E-state index contributed by atoms with van der Waals surface area (Å²) in [5.41, 5.74) is 0.912. The van der Waals surface area contributed by atoms with Gasteiger partial charge in [-0.05, 0) is 23.8 Å². The maximum atomic E-state index is 12.6. The third-order valence-electron chi connectivity index (χ3n) is 4.77. The van der Waals surface area contributed by atoms with Crippen molar-refractivity contribution in [2.75, 3.05) is 40.0 Å². The third-order valence-corrected chi connectivity index (χ3v) is 6.68. The third kappa shape index (κ3) is 5.33. The highest BCUT2D eigenvalue weighted by Crippen LogP contribution is 2.17. The fourth-order valence-electron chi connectivity index (χ4n) is 3.03. The first-order valence-electron chi connectivity index (χ1n) is 9.56. The van der Waals surface area contributed by atoms with Crippen LogP contribution in [0.1, 0.15) is 15.9 Å². The van der Waals surface area contributed by atoms with Gasteiger partial charge in [0.25, 0.3) is 11.5 Å². The summed E-state index contributed by atoms with van der Waals surface area (Å²) in [7, 11) is -2.01. The highest BCUT2D eigenvalue weighted by atomic mass is 32.2. The molecule has 0 aliphatic carbocycles. The fraction of sp³-hybridized carbons (Fsp3) is 0.400. The van der Waals surface area contributed by atoms with Crippen LogP contribution in [0.2, 0.25) is 0 Å². The van der Waals surface area contributed by atoms with E-state index in [0.717, 1.165) is 5.56 Å². The average molecular weight is 436 g/mol. The zero-order chi connectivity index (χ0) is 21.6. The summed E-state index contributed by atoms with van der Waals surface area (Å²) >= 11 is 0. The Morgan fingerprint density at radius 1 is 1.13 bits per heavy atom. The van der Waals surface area contributed by atoms with Crippen LogP contribution in [-0.4, -0.2) is 63.2 Å². The molecule has 2 heterocycles. The number of hydrogen-bond acceptors (Lipinski definition) is 6. The van der Waals surface area contributed by atoms with Crippen molar-refractivity contribution >= 4 is 15.9 Å². The van der Waals surface area contributed by atoms with Crippen molar-refractivity contribution in [3.63, 3.8) is 0 Å². The van der Waals surface area contributed by atoms with E-state index >= 15 is 0 Å². The topological polar surface area (TPSA) is 107 Å². The van der Waals surface area contributed by atoms with Crippen molar-refractivity contribution in [3.8, 4) is 0 Å². The normalized spacial score (nSPS) is 15.1. The molecular weight excluding hydrogens is 410 g/mol. The largest absolute Gasteiger partial charge is 0.383 e. The minimum absolute atomic E-state index is 0.208. The molecule has 0 unspecified atom stereocenters. The number of morpholine rings is 1. The number of methoxy groups -OCH3 is 1. The summed E-state index contributed by atoms with van der Waals surface area (Å²) < 4.78 is 38.3. The maximum absolute atomic E-state index is 12.6. The van der Waals surface area contributed by atoms with E-state index < -0.39 is 10.0 Å². The van der Waals surface area contributed by atoms with Gasteiger partial charge in [-0.2, -0.15) is 4.31 Å². The number of nitrogens with zero attached hydrogens (tertiary/aromatic N) is 2. The van der Waals surface area contributed by atoms with Crippen LogP contribution < -0.4 is 10.9 Å². The smallest absolute Gasteiger partial charge is 0.253 e. The second-order valence-electron chi connectivity index (χ2n) is 6.79. The molecule has 1 fully saturated rings. The Kier molecular flexibility index (Phi) is 7.38. The summed E-state index contributed by atoms with van der Waals surface area (Å²) in [6.45, 7) is 2.41. The highest BCUT2D eigenvalue weighted by Gasteiger charge is 2.26. The summed E-state index contributed by atoms with van der Waals surface area (Å²) in [6, 6.07) is 9.24. The van der Waals surface area contributed by atoms with Crippen molar-refractivity contribution < 1.29 is 22.7 Å². The first-order valence-corrected chi connectivity index (χ1v) is 11.0. The number of hydrogen-bond donors (Lipinski definition) is 1. The number of carbonyl (C=O) groups excluding carboxylic acids is 1. The summed E-state index contributed by atoms with van der Waals surface area (Å²) in [5, 5.41) is 2.78. The Morgan fingerprint density at radius 2 is 1.83 bits per heavy atom. The molecule has 1 saturated heterocycles. The molecule has 1 amide bonds. The molecule has 1 aromatic heterocycles. The van der Waals surface area contributed by atoms with Gasteiger partial charge in [-0.1, -0.05) is 12.1 Å². The Morgan fingerprint density at radius 3 is 2.50 bits per heavy atom. The molecule has 1 aliphatic heterocycles. The zero-order valence-corrected chi connectivity index (χ0v) is 17.6. The average Bonchev–Trinajstić information content (AvgIpc) is 2.77. The van der Waals surface area contributed by atoms with Gasteiger partial charge >= 0.3 is 0 Å². The van der Waals surface area contributed by atoms with Gasteiger partial charge in [0.15, 0.2) is 0 Å². The molecule has 0 saturated carbocycles. The number of pyridine rings is 1. The monoisotopic (exact) mass is 435 g/mol. The van der Waals surface area contributed by atoms with E-state index in [0.29, 0.717) is 45.0 Å². The SMILES string of the molecule is COCCn1cc(C(=O)NCc2ccc(S(=O)(=O)N3CCOCC3)cc2)ccc1=O. The van der Waals surface area contributed by atoms with Crippen LogP contribution >= 0.6 is 0 Å². The quantitative estimate of drug-likeness (QED) is 0.645. The minimum Gasteiger partial charge on any atom is -0.383 e. The summed E-state index contributed by atoms with van der Waals surface area (Å²) in [5.74, 6) is -0.328. The van der Waals surface area contributed by atoms with Crippen LogP contribution in [-0.2, 0) is 32.6 Å². The van der Waals surface area contributed by atoms with E-state index in [2.05, 4.69) is 5.32 Å². The van der Waals surface area contributed by atoms with E-state index in [4.69, 9.17) is 9.47 Å². The van der Waals surface area contributed by atoms with Gasteiger partial charge in [0.05, 0.1) is 30.3 Å². The Labute approximate surface area is 175 Å². The van der Waals surface area contributed by atoms with Crippen molar-refractivity contribution in [1.82, 2.24) is 14.2 Å². The molecule has 3 rings (SSSR count). The molecule has 162 valence electrons. The van der Waals surface area contributed by atoms with Crippen LogP contribution in [0.4, 0.5) is 0 Å². The van der Waals surface area contributed by atoms with Gasteiger partial charge in [0.1, 0.15) is 0 Å². The van der Waals surface area contributed by atoms with Gasteiger partial charge in [-0.25, -0.2) is 8.42 Å². The van der Waals surface area contributed by atoms with E-state index in [1.807, 2.05) is 0 Å². The molecule has 9 nitrogen and oxygen atoms in total. The highest BCUT2D eigenvalue weighted by molar-refractivity contribution is 7.89. The number of amides is 1. The molecule has 0 radical (unpaired) electrons. The van der Waals surface area contributed by atoms with Crippen LogP contribution in [0.15, 0.2) is 52.3 Å². The van der Waals surface area contributed by atoms with Gasteiger partial charge in [0, 0.05) is 45.6 Å². The van der Waals surface area contributed by atoms with E-state index in [9.17, 15) is 18.0 Å². The van der Waals surface area contributed by atoms with Crippen LogP contribution in [0.5, 0.6) is 0 Å². The predicted octanol–water partition coefficient (Wildman–Crippen LogP) is 0.446. The maximum Gasteiger partial charge on any atom is 0.253 e. The number of benzene rings is 1. The number of sulfonamides is 1. The number of aromatic nitrogens is 1. The van der Waals surface area contributed by atoms with Crippen molar-refractivity contribution in [3.05, 3.63) is 64.1 Å².